The first-order chi connectivity index (χ1) is 13.3. The Hall–Kier alpha value is -2.33. The summed E-state index contributed by atoms with van der Waals surface area (Å²) in [5, 5.41) is 0. The first-order valence-corrected chi connectivity index (χ1v) is 10.2. The first-order valence-electron chi connectivity index (χ1n) is 10.2. The predicted molar refractivity (Wildman–Crippen MR) is 107 cm³/mol. The Balaban J connectivity index is 1.31. The molecule has 1 spiro atoms. The molecule has 4 heteroatoms. The van der Waals surface area contributed by atoms with Crippen LogP contribution in [0.1, 0.15) is 36.8 Å². The molecule has 0 amide bonds. The van der Waals surface area contributed by atoms with E-state index in [0.29, 0.717) is 0 Å². The van der Waals surface area contributed by atoms with Gasteiger partial charge in [-0.1, -0.05) is 36.4 Å². The number of hydrogen-bond donors (Lipinski definition) is 0. The summed E-state index contributed by atoms with van der Waals surface area (Å²) < 4.78 is 8.81. The number of nitrogens with zero attached hydrogens (tertiary/aromatic N) is 3. The molecule has 2 fully saturated rings. The van der Waals surface area contributed by atoms with Crippen LogP contribution in [0.3, 0.4) is 0 Å². The second-order valence-corrected chi connectivity index (χ2v) is 8.38. The van der Waals surface area contributed by atoms with Gasteiger partial charge in [-0.05, 0) is 54.9 Å². The maximum Gasteiger partial charge on any atom is 0.206 e. The molecule has 0 unspecified atom stereocenters. The van der Waals surface area contributed by atoms with Gasteiger partial charge in [0.15, 0.2) is 0 Å². The fraction of sp³-hybridized carbons (Fsp3) is 0.435. The van der Waals surface area contributed by atoms with Gasteiger partial charge in [-0.25, -0.2) is 4.98 Å². The van der Waals surface area contributed by atoms with Crippen molar-refractivity contribution in [2.24, 2.45) is 5.92 Å². The zero-order valence-corrected chi connectivity index (χ0v) is 15.6. The number of para-hydroxylation sites is 2. The highest BCUT2D eigenvalue weighted by molar-refractivity contribution is 5.79. The van der Waals surface area contributed by atoms with Crippen molar-refractivity contribution >= 4 is 17.0 Å². The average Bonchev–Trinajstić information content (AvgIpc) is 3.38. The molecule has 27 heavy (non-hydrogen) atoms. The number of anilines is 1. The molecule has 1 aromatic heterocycles. The van der Waals surface area contributed by atoms with Crippen LogP contribution in [0.2, 0.25) is 0 Å². The topological polar surface area (TPSA) is 30.3 Å². The molecule has 3 aromatic rings. The third-order valence-corrected chi connectivity index (χ3v) is 6.64. The Labute approximate surface area is 159 Å². The fourth-order valence-electron chi connectivity index (χ4n) is 4.91. The van der Waals surface area contributed by atoms with Crippen LogP contribution in [0, 0.1) is 5.92 Å². The molecule has 0 radical (unpaired) electrons. The second-order valence-electron chi connectivity index (χ2n) is 8.38. The fourth-order valence-corrected chi connectivity index (χ4v) is 4.91. The maximum atomic E-state index is 6.35. The van der Waals surface area contributed by atoms with E-state index in [0.717, 1.165) is 56.5 Å². The molecule has 1 saturated carbocycles. The summed E-state index contributed by atoms with van der Waals surface area (Å²) in [4.78, 5) is 7.51. The molecule has 4 nitrogen and oxygen atoms in total. The Kier molecular flexibility index (Phi) is 3.39. The van der Waals surface area contributed by atoms with E-state index < -0.39 is 0 Å². The van der Waals surface area contributed by atoms with Crippen molar-refractivity contribution in [3.8, 4) is 0 Å². The van der Waals surface area contributed by atoms with Gasteiger partial charge in [-0.15, -0.1) is 0 Å². The van der Waals surface area contributed by atoms with Crippen LogP contribution in [-0.4, -0.2) is 22.6 Å². The minimum absolute atomic E-state index is 0.0829. The van der Waals surface area contributed by atoms with Gasteiger partial charge < -0.3 is 14.2 Å². The van der Waals surface area contributed by atoms with Gasteiger partial charge in [0.05, 0.1) is 23.2 Å². The minimum Gasteiger partial charge on any atom is -0.365 e. The molecular formula is C23H25N3O. The number of rotatable bonds is 3. The summed E-state index contributed by atoms with van der Waals surface area (Å²) in [6, 6.07) is 17.3. The van der Waals surface area contributed by atoms with Crippen molar-refractivity contribution in [1.82, 2.24) is 9.55 Å². The van der Waals surface area contributed by atoms with Gasteiger partial charge in [-0.3, -0.25) is 0 Å². The molecule has 1 saturated heterocycles. The monoisotopic (exact) mass is 359 g/mol. The molecule has 2 aliphatic heterocycles. The molecule has 0 atom stereocenters. The van der Waals surface area contributed by atoms with E-state index in [1.807, 2.05) is 0 Å². The standard InChI is InChI=1S/C23H25N3O/c1-2-6-19-18(5-1)16-27-23(19)11-13-25(14-12-23)22-24-20-7-3-4-8-21(20)26(22)15-17-9-10-17/h1-8,17H,9-16H2. The summed E-state index contributed by atoms with van der Waals surface area (Å²) in [5.74, 6) is 1.99. The summed E-state index contributed by atoms with van der Waals surface area (Å²) in [6.45, 7) is 3.87. The summed E-state index contributed by atoms with van der Waals surface area (Å²) >= 11 is 0. The Morgan fingerprint density at radius 1 is 1.00 bits per heavy atom. The summed E-state index contributed by atoms with van der Waals surface area (Å²) in [5.41, 5.74) is 5.10. The number of piperidine rings is 1. The van der Waals surface area contributed by atoms with E-state index in [2.05, 4.69) is 58.0 Å². The number of hydrogen-bond acceptors (Lipinski definition) is 3. The summed E-state index contributed by atoms with van der Waals surface area (Å²) in [7, 11) is 0. The smallest absolute Gasteiger partial charge is 0.206 e. The van der Waals surface area contributed by atoms with Crippen LogP contribution in [0.5, 0.6) is 0 Å². The Morgan fingerprint density at radius 3 is 2.63 bits per heavy atom. The van der Waals surface area contributed by atoms with Gasteiger partial charge in [0, 0.05) is 19.6 Å². The summed E-state index contributed by atoms with van der Waals surface area (Å²) in [6.07, 6.45) is 4.80. The Morgan fingerprint density at radius 2 is 1.78 bits per heavy atom. The number of ether oxygens (including phenoxy) is 1. The lowest BCUT2D eigenvalue weighted by atomic mass is 9.84. The molecule has 138 valence electrons. The third-order valence-electron chi connectivity index (χ3n) is 6.64. The number of fused-ring (bicyclic) bond motifs is 3. The first kappa shape index (κ1) is 15.7. The van der Waals surface area contributed by atoms with E-state index in [1.165, 1.54) is 29.5 Å². The average molecular weight is 359 g/mol. The quantitative estimate of drug-likeness (QED) is 0.691. The van der Waals surface area contributed by atoms with Crippen LogP contribution in [-0.2, 0) is 23.5 Å². The second kappa shape index (κ2) is 5.83. The lowest BCUT2D eigenvalue weighted by Crippen LogP contribution is -2.43. The zero-order chi connectivity index (χ0) is 17.8. The lowest BCUT2D eigenvalue weighted by Gasteiger charge is -2.39. The SMILES string of the molecule is c1ccc2c(c1)COC21CCN(c2nc3ccccc3n2CC2CC2)CC1. The van der Waals surface area contributed by atoms with Crippen LogP contribution < -0.4 is 4.90 Å². The van der Waals surface area contributed by atoms with Gasteiger partial charge in [0.1, 0.15) is 0 Å². The molecule has 0 N–H and O–H groups in total. The van der Waals surface area contributed by atoms with E-state index in [-0.39, 0.29) is 5.60 Å². The largest absolute Gasteiger partial charge is 0.365 e. The molecule has 1 aliphatic carbocycles. The highest BCUT2D eigenvalue weighted by Gasteiger charge is 2.43. The zero-order valence-electron chi connectivity index (χ0n) is 15.6. The molecule has 6 rings (SSSR count). The number of benzene rings is 2. The molecule has 2 aromatic carbocycles. The van der Waals surface area contributed by atoms with Gasteiger partial charge in [-0.2, -0.15) is 0 Å². The highest BCUT2D eigenvalue weighted by atomic mass is 16.5. The van der Waals surface area contributed by atoms with E-state index in [9.17, 15) is 0 Å². The van der Waals surface area contributed by atoms with Crippen LogP contribution in [0.4, 0.5) is 5.95 Å². The predicted octanol–water partition coefficient (Wildman–Crippen LogP) is 4.47. The van der Waals surface area contributed by atoms with Crippen molar-refractivity contribution in [2.45, 2.75) is 44.4 Å². The van der Waals surface area contributed by atoms with Crippen molar-refractivity contribution in [1.29, 1.82) is 0 Å². The molecule has 3 aliphatic rings. The normalized spacial score (nSPS) is 21.1. The number of aromatic nitrogens is 2. The van der Waals surface area contributed by atoms with Crippen molar-refractivity contribution in [3.05, 3.63) is 59.7 Å². The molecular weight excluding hydrogens is 334 g/mol. The highest BCUT2D eigenvalue weighted by Crippen LogP contribution is 2.45. The Bertz CT molecular complexity index is 996. The molecule has 3 heterocycles. The van der Waals surface area contributed by atoms with E-state index in [4.69, 9.17) is 9.72 Å². The maximum absolute atomic E-state index is 6.35. The number of imidazole rings is 1. The van der Waals surface area contributed by atoms with E-state index in [1.54, 1.807) is 0 Å². The molecule has 0 bridgehead atoms. The lowest BCUT2D eigenvalue weighted by molar-refractivity contribution is -0.0553. The van der Waals surface area contributed by atoms with Crippen molar-refractivity contribution in [2.75, 3.05) is 18.0 Å². The van der Waals surface area contributed by atoms with Crippen LogP contribution >= 0.6 is 0 Å². The van der Waals surface area contributed by atoms with Crippen LogP contribution in [0.25, 0.3) is 11.0 Å². The van der Waals surface area contributed by atoms with Gasteiger partial charge in [0.25, 0.3) is 0 Å². The van der Waals surface area contributed by atoms with Crippen LogP contribution in [0.15, 0.2) is 48.5 Å². The van der Waals surface area contributed by atoms with E-state index >= 15 is 0 Å². The van der Waals surface area contributed by atoms with Crippen molar-refractivity contribution in [3.63, 3.8) is 0 Å². The third kappa shape index (κ3) is 2.50. The van der Waals surface area contributed by atoms with Crippen molar-refractivity contribution < 1.29 is 4.74 Å². The van der Waals surface area contributed by atoms with Gasteiger partial charge in [0.2, 0.25) is 5.95 Å². The van der Waals surface area contributed by atoms with Gasteiger partial charge >= 0.3 is 0 Å². The minimum atomic E-state index is -0.0829.